The summed E-state index contributed by atoms with van der Waals surface area (Å²) in [6.45, 7) is 6.18. The summed E-state index contributed by atoms with van der Waals surface area (Å²) in [7, 11) is 1.82. The Balaban J connectivity index is 1.73. The van der Waals surface area contributed by atoms with Crippen molar-refractivity contribution >= 4 is 28.6 Å². The third-order valence-corrected chi connectivity index (χ3v) is 5.28. The van der Waals surface area contributed by atoms with Gasteiger partial charge in [-0.3, -0.25) is 4.99 Å². The molecule has 0 fully saturated rings. The van der Waals surface area contributed by atoms with E-state index < -0.39 is 0 Å². The average molecular weight is 322 g/mol. The summed E-state index contributed by atoms with van der Waals surface area (Å²) in [5.74, 6) is 1.46. The Labute approximate surface area is 135 Å². The Morgan fingerprint density at radius 1 is 1.24 bits per heavy atom. The molecular weight excluding hydrogens is 298 g/mol. The molecule has 2 N–H and O–H groups in total. The Bertz CT molecular complexity index is 558. The molecule has 3 nitrogen and oxygen atoms in total. The molecule has 0 spiro atoms. The van der Waals surface area contributed by atoms with Gasteiger partial charge >= 0.3 is 0 Å². The first-order valence-corrected chi connectivity index (χ1v) is 8.95. The average Bonchev–Trinajstić information content (AvgIpc) is 3.11. The van der Waals surface area contributed by atoms with Gasteiger partial charge in [-0.25, -0.2) is 0 Å². The molecule has 2 aromatic rings. The van der Waals surface area contributed by atoms with Gasteiger partial charge in [0.15, 0.2) is 5.96 Å². The van der Waals surface area contributed by atoms with E-state index in [-0.39, 0.29) is 0 Å². The topological polar surface area (TPSA) is 36.4 Å². The van der Waals surface area contributed by atoms with Gasteiger partial charge in [0.05, 0.1) is 6.54 Å². The van der Waals surface area contributed by atoms with Crippen molar-refractivity contribution in [3.8, 4) is 0 Å². The number of hydrogen-bond donors (Lipinski definition) is 2. The number of nitrogens with one attached hydrogen (secondary N) is 2. The normalized spacial score (nSPS) is 13.2. The van der Waals surface area contributed by atoms with Gasteiger partial charge in [-0.2, -0.15) is 0 Å². The zero-order valence-corrected chi connectivity index (χ0v) is 14.5. The van der Waals surface area contributed by atoms with Crippen molar-refractivity contribution in [1.29, 1.82) is 0 Å². The molecule has 0 saturated heterocycles. The van der Waals surface area contributed by atoms with Crippen molar-refractivity contribution in [1.82, 2.24) is 10.6 Å². The zero-order valence-electron chi connectivity index (χ0n) is 12.8. The molecular formula is C16H23N3S2. The number of rotatable bonds is 6. The minimum atomic E-state index is 0.589. The second kappa shape index (κ2) is 8.20. The van der Waals surface area contributed by atoms with Crippen LogP contribution in [0.5, 0.6) is 0 Å². The van der Waals surface area contributed by atoms with E-state index in [1.54, 1.807) is 11.3 Å². The lowest BCUT2D eigenvalue weighted by atomic mass is 10.1. The first-order valence-electron chi connectivity index (χ1n) is 7.19. The summed E-state index contributed by atoms with van der Waals surface area (Å²) in [5.41, 5.74) is 1.34. The molecule has 0 saturated carbocycles. The molecule has 114 valence electrons. The number of aliphatic imine (C=N–C) groups is 1. The SMILES string of the molecule is CN=C(NCc1sccc1C)NCC(C)Cc1cccs1. The number of thiophene rings is 2. The Kier molecular flexibility index (Phi) is 6.26. The molecule has 2 rings (SSSR count). The second-order valence-corrected chi connectivity index (χ2v) is 7.26. The number of hydrogen-bond acceptors (Lipinski definition) is 3. The molecule has 1 atom stereocenters. The van der Waals surface area contributed by atoms with Crippen LogP contribution in [0.15, 0.2) is 34.0 Å². The number of guanidine groups is 1. The van der Waals surface area contributed by atoms with Crippen LogP contribution in [0.2, 0.25) is 0 Å². The highest BCUT2D eigenvalue weighted by Crippen LogP contribution is 2.15. The fourth-order valence-corrected chi connectivity index (χ4v) is 3.80. The first kappa shape index (κ1) is 16.0. The lowest BCUT2D eigenvalue weighted by Gasteiger charge is -2.15. The number of nitrogens with zero attached hydrogens (tertiary/aromatic N) is 1. The summed E-state index contributed by atoms with van der Waals surface area (Å²) in [4.78, 5) is 7.10. The molecule has 2 aromatic heterocycles. The maximum atomic E-state index is 4.29. The highest BCUT2D eigenvalue weighted by molar-refractivity contribution is 7.10. The second-order valence-electron chi connectivity index (χ2n) is 5.22. The van der Waals surface area contributed by atoms with Gasteiger partial charge in [-0.15, -0.1) is 22.7 Å². The van der Waals surface area contributed by atoms with Gasteiger partial charge in [0.1, 0.15) is 0 Å². The van der Waals surface area contributed by atoms with Gasteiger partial charge in [-0.05, 0) is 47.7 Å². The van der Waals surface area contributed by atoms with Crippen LogP contribution in [-0.2, 0) is 13.0 Å². The van der Waals surface area contributed by atoms with Gasteiger partial charge in [0.25, 0.3) is 0 Å². The minimum Gasteiger partial charge on any atom is -0.356 e. The van der Waals surface area contributed by atoms with Crippen LogP contribution in [0.3, 0.4) is 0 Å². The van der Waals surface area contributed by atoms with Crippen molar-refractivity contribution in [2.45, 2.75) is 26.8 Å². The van der Waals surface area contributed by atoms with Crippen LogP contribution in [0.4, 0.5) is 0 Å². The zero-order chi connectivity index (χ0) is 15.1. The van der Waals surface area contributed by atoms with Crippen molar-refractivity contribution in [2.24, 2.45) is 10.9 Å². The van der Waals surface area contributed by atoms with E-state index in [0.717, 1.165) is 25.5 Å². The molecule has 5 heteroatoms. The molecule has 0 aromatic carbocycles. The van der Waals surface area contributed by atoms with Gasteiger partial charge in [0, 0.05) is 23.3 Å². The van der Waals surface area contributed by atoms with E-state index in [4.69, 9.17) is 0 Å². The highest BCUT2D eigenvalue weighted by atomic mass is 32.1. The third kappa shape index (κ3) is 5.17. The maximum absolute atomic E-state index is 4.29. The summed E-state index contributed by atoms with van der Waals surface area (Å²) in [6, 6.07) is 6.47. The fourth-order valence-electron chi connectivity index (χ4n) is 2.09. The summed E-state index contributed by atoms with van der Waals surface area (Å²) < 4.78 is 0. The molecule has 2 heterocycles. The largest absolute Gasteiger partial charge is 0.356 e. The third-order valence-electron chi connectivity index (χ3n) is 3.36. The quantitative estimate of drug-likeness (QED) is 0.629. The van der Waals surface area contributed by atoms with E-state index in [0.29, 0.717) is 5.92 Å². The maximum Gasteiger partial charge on any atom is 0.191 e. The Morgan fingerprint density at radius 2 is 2.10 bits per heavy atom. The molecule has 21 heavy (non-hydrogen) atoms. The van der Waals surface area contributed by atoms with Gasteiger partial charge < -0.3 is 10.6 Å². The van der Waals surface area contributed by atoms with E-state index in [1.807, 2.05) is 18.4 Å². The Hall–Kier alpha value is -1.33. The van der Waals surface area contributed by atoms with Crippen molar-refractivity contribution in [2.75, 3.05) is 13.6 Å². The predicted octanol–water partition coefficient (Wildman–Crippen LogP) is 3.66. The van der Waals surface area contributed by atoms with Crippen molar-refractivity contribution in [3.63, 3.8) is 0 Å². The molecule has 0 radical (unpaired) electrons. The number of aryl methyl sites for hydroxylation is 1. The molecule has 0 aliphatic rings. The summed E-state index contributed by atoms with van der Waals surface area (Å²) in [5, 5.41) is 11.1. The lowest BCUT2D eigenvalue weighted by Crippen LogP contribution is -2.39. The van der Waals surface area contributed by atoms with Crippen molar-refractivity contribution in [3.05, 3.63) is 44.3 Å². The van der Waals surface area contributed by atoms with Crippen LogP contribution >= 0.6 is 22.7 Å². The van der Waals surface area contributed by atoms with Crippen LogP contribution in [-0.4, -0.2) is 19.6 Å². The standard InChI is InChI=1S/C16H23N3S2/c1-12(9-14-5-4-7-20-14)10-18-16(17-3)19-11-15-13(2)6-8-21-15/h4-8,12H,9-11H2,1-3H3,(H2,17,18,19). The van der Waals surface area contributed by atoms with E-state index in [9.17, 15) is 0 Å². The van der Waals surface area contributed by atoms with Gasteiger partial charge in [0.2, 0.25) is 0 Å². The van der Waals surface area contributed by atoms with Gasteiger partial charge in [-0.1, -0.05) is 13.0 Å². The smallest absolute Gasteiger partial charge is 0.191 e. The Morgan fingerprint density at radius 3 is 2.71 bits per heavy atom. The van der Waals surface area contributed by atoms with Crippen LogP contribution < -0.4 is 10.6 Å². The lowest BCUT2D eigenvalue weighted by molar-refractivity contribution is 0.562. The monoisotopic (exact) mass is 321 g/mol. The van der Waals surface area contributed by atoms with Crippen LogP contribution in [0.25, 0.3) is 0 Å². The van der Waals surface area contributed by atoms with E-state index in [2.05, 4.69) is 58.4 Å². The van der Waals surface area contributed by atoms with Crippen molar-refractivity contribution < 1.29 is 0 Å². The molecule has 0 bridgehead atoms. The minimum absolute atomic E-state index is 0.589. The van der Waals surface area contributed by atoms with E-state index >= 15 is 0 Å². The fraction of sp³-hybridized carbons (Fsp3) is 0.438. The first-order chi connectivity index (χ1) is 10.2. The molecule has 0 aliphatic carbocycles. The van der Waals surface area contributed by atoms with Crippen LogP contribution in [0.1, 0.15) is 22.2 Å². The molecule has 0 aliphatic heterocycles. The molecule has 1 unspecified atom stereocenters. The summed E-state index contributed by atoms with van der Waals surface area (Å²) >= 11 is 3.61. The van der Waals surface area contributed by atoms with Crippen LogP contribution in [0, 0.1) is 12.8 Å². The predicted molar refractivity (Wildman–Crippen MR) is 94.4 cm³/mol. The summed E-state index contributed by atoms with van der Waals surface area (Å²) in [6.07, 6.45) is 1.12. The van der Waals surface area contributed by atoms with E-state index in [1.165, 1.54) is 15.3 Å². The highest BCUT2D eigenvalue weighted by Gasteiger charge is 2.07. The molecule has 0 amide bonds.